The van der Waals surface area contributed by atoms with Crippen molar-refractivity contribution in [3.05, 3.63) is 46.4 Å². The van der Waals surface area contributed by atoms with Gasteiger partial charge in [0.1, 0.15) is 17.4 Å². The van der Waals surface area contributed by atoms with Gasteiger partial charge in [0.2, 0.25) is 0 Å². The maximum absolute atomic E-state index is 5.82. The molecule has 0 aliphatic carbocycles. The fourth-order valence-corrected chi connectivity index (χ4v) is 2.10. The third kappa shape index (κ3) is 3.82. The zero-order valence-corrected chi connectivity index (χ0v) is 11.5. The van der Waals surface area contributed by atoms with Crippen molar-refractivity contribution < 1.29 is 4.74 Å². The minimum Gasteiger partial charge on any atom is -0.486 e. The zero-order chi connectivity index (χ0) is 12.8. The molecule has 2 rings (SSSR count). The van der Waals surface area contributed by atoms with Crippen LogP contribution in [0, 0.1) is 0 Å². The largest absolute Gasteiger partial charge is 0.486 e. The van der Waals surface area contributed by atoms with Gasteiger partial charge in [-0.2, -0.15) is 0 Å². The predicted octanol–water partition coefficient (Wildman–Crippen LogP) is 3.22. The summed E-state index contributed by atoms with van der Waals surface area (Å²) in [6, 6.07) is 8.60. The predicted molar refractivity (Wildman–Crippen MR) is 74.9 cm³/mol. The van der Waals surface area contributed by atoms with Crippen LogP contribution in [0.1, 0.15) is 24.4 Å². The molecule has 0 radical (unpaired) electrons. The lowest BCUT2D eigenvalue weighted by Crippen LogP contribution is -2.22. The number of hydrogen-bond acceptors (Lipinski definition) is 4. The lowest BCUT2D eigenvalue weighted by molar-refractivity contribution is 0.301. The van der Waals surface area contributed by atoms with Gasteiger partial charge in [-0.05, 0) is 6.07 Å². The van der Waals surface area contributed by atoms with Crippen molar-refractivity contribution in [3.8, 4) is 5.75 Å². The van der Waals surface area contributed by atoms with E-state index < -0.39 is 0 Å². The minimum absolute atomic E-state index is 0.469. The van der Waals surface area contributed by atoms with Gasteiger partial charge >= 0.3 is 0 Å². The second-order valence-electron chi connectivity index (χ2n) is 4.36. The average Bonchev–Trinajstić information content (AvgIpc) is 2.88. The van der Waals surface area contributed by atoms with E-state index in [9.17, 15) is 0 Å². The molecule has 96 valence electrons. The lowest BCUT2D eigenvalue weighted by atomic mass is 10.2. The van der Waals surface area contributed by atoms with Gasteiger partial charge in [0.25, 0.3) is 0 Å². The number of nitrogens with zero attached hydrogens (tertiary/aromatic N) is 1. The molecule has 1 N–H and O–H groups in total. The van der Waals surface area contributed by atoms with E-state index in [4.69, 9.17) is 4.74 Å². The molecule has 1 heterocycles. The molecule has 4 heteroatoms. The molecule has 0 aliphatic rings. The number of rotatable bonds is 6. The summed E-state index contributed by atoms with van der Waals surface area (Å²) in [7, 11) is 0. The molecule has 0 aliphatic heterocycles. The molecule has 0 amide bonds. The maximum Gasteiger partial charge on any atom is 0.140 e. The molecule has 3 nitrogen and oxygen atoms in total. The first kappa shape index (κ1) is 13.1. The lowest BCUT2D eigenvalue weighted by Gasteiger charge is -2.12. The molecule has 0 fully saturated rings. The highest BCUT2D eigenvalue weighted by atomic mass is 32.1. The van der Waals surface area contributed by atoms with Crippen LogP contribution in [0.2, 0.25) is 0 Å². The van der Waals surface area contributed by atoms with Gasteiger partial charge in [-0.3, -0.25) is 0 Å². The van der Waals surface area contributed by atoms with Crippen LogP contribution < -0.4 is 10.1 Å². The van der Waals surface area contributed by atoms with Crippen molar-refractivity contribution in [1.29, 1.82) is 0 Å². The smallest absolute Gasteiger partial charge is 0.140 e. The first-order valence-corrected chi connectivity index (χ1v) is 6.96. The highest BCUT2D eigenvalue weighted by Gasteiger charge is 2.04. The number of nitrogens with one attached hydrogen (secondary N) is 1. The molecule has 1 aromatic carbocycles. The first-order chi connectivity index (χ1) is 8.75. The second kappa shape index (κ2) is 6.52. The van der Waals surface area contributed by atoms with Gasteiger partial charge in [0.05, 0.1) is 0 Å². The summed E-state index contributed by atoms with van der Waals surface area (Å²) in [5.74, 6) is 0.931. The maximum atomic E-state index is 5.82. The number of hydrogen-bond donors (Lipinski definition) is 1. The topological polar surface area (TPSA) is 34.1 Å². The van der Waals surface area contributed by atoms with Crippen LogP contribution >= 0.6 is 11.3 Å². The van der Waals surface area contributed by atoms with Crippen molar-refractivity contribution >= 4 is 11.3 Å². The molecule has 18 heavy (non-hydrogen) atoms. The minimum atomic E-state index is 0.469. The summed E-state index contributed by atoms with van der Waals surface area (Å²) in [4.78, 5) is 4.21. The molecule has 0 spiro atoms. The SMILES string of the molecule is CC(C)NCc1ccccc1OCc1nccs1. The van der Waals surface area contributed by atoms with Gasteiger partial charge in [0.15, 0.2) is 0 Å². The molecule has 0 bridgehead atoms. The molecule has 2 aromatic rings. The highest BCUT2D eigenvalue weighted by molar-refractivity contribution is 7.09. The molecule has 1 aromatic heterocycles. The number of ether oxygens (including phenoxy) is 1. The molecule has 0 atom stereocenters. The van der Waals surface area contributed by atoms with Crippen molar-refractivity contribution in [1.82, 2.24) is 10.3 Å². The number of thiazole rings is 1. The first-order valence-electron chi connectivity index (χ1n) is 6.08. The quantitative estimate of drug-likeness (QED) is 0.868. The van der Waals surface area contributed by atoms with E-state index in [1.807, 2.05) is 23.6 Å². The van der Waals surface area contributed by atoms with Crippen LogP contribution in [0.25, 0.3) is 0 Å². The number of benzene rings is 1. The summed E-state index contributed by atoms with van der Waals surface area (Å²) >= 11 is 1.61. The van der Waals surface area contributed by atoms with E-state index in [0.29, 0.717) is 12.6 Å². The Morgan fingerprint density at radius 2 is 2.17 bits per heavy atom. The molecule has 0 saturated carbocycles. The third-order valence-electron chi connectivity index (χ3n) is 2.51. The summed E-state index contributed by atoms with van der Waals surface area (Å²) < 4.78 is 5.82. The van der Waals surface area contributed by atoms with E-state index in [2.05, 4.69) is 30.2 Å². The Morgan fingerprint density at radius 3 is 2.89 bits per heavy atom. The van der Waals surface area contributed by atoms with E-state index >= 15 is 0 Å². The third-order valence-corrected chi connectivity index (χ3v) is 3.26. The molecule has 0 unspecified atom stereocenters. The fraction of sp³-hybridized carbons (Fsp3) is 0.357. The Kier molecular flexibility index (Phi) is 4.73. The van der Waals surface area contributed by atoms with E-state index in [1.165, 1.54) is 5.56 Å². The summed E-state index contributed by atoms with van der Waals surface area (Å²) in [5.41, 5.74) is 1.18. The highest BCUT2D eigenvalue weighted by Crippen LogP contribution is 2.19. The Balaban J connectivity index is 1.98. The van der Waals surface area contributed by atoms with Crippen molar-refractivity contribution in [2.45, 2.75) is 33.0 Å². The van der Waals surface area contributed by atoms with Gasteiger partial charge in [-0.1, -0.05) is 32.0 Å². The van der Waals surface area contributed by atoms with E-state index in [-0.39, 0.29) is 0 Å². The molecule has 0 saturated heterocycles. The number of para-hydroxylation sites is 1. The Labute approximate surface area is 112 Å². The Bertz CT molecular complexity index is 468. The van der Waals surface area contributed by atoms with Crippen LogP contribution in [0.15, 0.2) is 35.8 Å². The summed E-state index contributed by atoms with van der Waals surface area (Å²) in [6.45, 7) is 5.64. The monoisotopic (exact) mass is 262 g/mol. The average molecular weight is 262 g/mol. The van der Waals surface area contributed by atoms with Crippen molar-refractivity contribution in [2.24, 2.45) is 0 Å². The van der Waals surface area contributed by atoms with Crippen molar-refractivity contribution in [3.63, 3.8) is 0 Å². The van der Waals surface area contributed by atoms with Gasteiger partial charge in [-0.15, -0.1) is 11.3 Å². The van der Waals surface area contributed by atoms with Crippen LogP contribution in [0.3, 0.4) is 0 Å². The van der Waals surface area contributed by atoms with Gasteiger partial charge in [-0.25, -0.2) is 4.98 Å². The summed E-state index contributed by atoms with van der Waals surface area (Å²) in [6.07, 6.45) is 1.80. The molecular formula is C14H18N2OS. The van der Waals surface area contributed by atoms with Gasteiger partial charge < -0.3 is 10.1 Å². The Hall–Kier alpha value is -1.39. The van der Waals surface area contributed by atoms with E-state index in [0.717, 1.165) is 17.3 Å². The zero-order valence-electron chi connectivity index (χ0n) is 10.7. The van der Waals surface area contributed by atoms with Crippen molar-refractivity contribution in [2.75, 3.05) is 0 Å². The normalized spacial score (nSPS) is 10.8. The van der Waals surface area contributed by atoms with E-state index in [1.54, 1.807) is 17.5 Å². The Morgan fingerprint density at radius 1 is 1.33 bits per heavy atom. The van der Waals surface area contributed by atoms with Crippen LogP contribution in [0.5, 0.6) is 5.75 Å². The fourth-order valence-electron chi connectivity index (χ4n) is 1.57. The molecular weight excluding hydrogens is 244 g/mol. The number of aromatic nitrogens is 1. The standard InChI is InChI=1S/C14H18N2OS/c1-11(2)16-9-12-5-3-4-6-13(12)17-10-14-15-7-8-18-14/h3-8,11,16H,9-10H2,1-2H3. The van der Waals surface area contributed by atoms with Crippen LogP contribution in [0.4, 0.5) is 0 Å². The van der Waals surface area contributed by atoms with Crippen LogP contribution in [-0.2, 0) is 13.2 Å². The van der Waals surface area contributed by atoms with Crippen LogP contribution in [-0.4, -0.2) is 11.0 Å². The van der Waals surface area contributed by atoms with Gasteiger partial charge in [0, 0.05) is 29.7 Å². The second-order valence-corrected chi connectivity index (χ2v) is 5.34. The summed E-state index contributed by atoms with van der Waals surface area (Å²) in [5, 5.41) is 6.37.